The van der Waals surface area contributed by atoms with Crippen LogP contribution >= 0.6 is 11.8 Å². The fourth-order valence-corrected chi connectivity index (χ4v) is 7.18. The number of H-pyrrole nitrogens is 1. The van der Waals surface area contributed by atoms with Gasteiger partial charge in [0.1, 0.15) is 10.1 Å². The summed E-state index contributed by atoms with van der Waals surface area (Å²) in [5, 5.41) is 8.36. The topological polar surface area (TPSA) is 92.3 Å². The molecule has 2 atom stereocenters. The van der Waals surface area contributed by atoms with E-state index < -0.39 is 10.0 Å². The predicted octanol–water partition coefficient (Wildman–Crippen LogP) is 1.99. The van der Waals surface area contributed by atoms with Gasteiger partial charge in [-0.05, 0) is 44.7 Å². The van der Waals surface area contributed by atoms with Gasteiger partial charge in [0.2, 0.25) is 0 Å². The van der Waals surface area contributed by atoms with Crippen molar-refractivity contribution < 1.29 is 13.2 Å². The molecule has 1 aromatic heterocycles. The van der Waals surface area contributed by atoms with Crippen molar-refractivity contribution in [3.05, 3.63) is 29.8 Å². The van der Waals surface area contributed by atoms with Gasteiger partial charge in [-0.25, -0.2) is 18.2 Å². The third kappa shape index (κ3) is 3.91. The summed E-state index contributed by atoms with van der Waals surface area (Å²) in [6.07, 6.45) is 6.30. The van der Waals surface area contributed by atoms with Crippen LogP contribution in [0.15, 0.2) is 34.4 Å². The van der Waals surface area contributed by atoms with Crippen LogP contribution in [0.3, 0.4) is 0 Å². The molecule has 2 fully saturated rings. The van der Waals surface area contributed by atoms with Crippen molar-refractivity contribution in [1.82, 2.24) is 24.1 Å². The number of aromatic amines is 1. The number of piperazine rings is 1. The van der Waals surface area contributed by atoms with Gasteiger partial charge in [-0.1, -0.05) is 17.7 Å². The largest absolute Gasteiger partial charge is 0.345 e. The van der Waals surface area contributed by atoms with Gasteiger partial charge in [0.25, 0.3) is 10.0 Å². The van der Waals surface area contributed by atoms with Gasteiger partial charge >= 0.3 is 6.03 Å². The minimum Gasteiger partial charge on any atom is -0.345 e. The summed E-state index contributed by atoms with van der Waals surface area (Å²) in [7, 11) is -1.62. The Morgan fingerprint density at radius 1 is 1.21 bits per heavy atom. The monoisotopic (exact) mass is 486 g/mol. The number of hydrazone groups is 1. The molecule has 0 saturated carbocycles. The number of terminal acetylenes is 1. The average Bonchev–Trinajstić information content (AvgIpc) is 3.39. The molecule has 0 spiro atoms. The van der Waals surface area contributed by atoms with Crippen molar-refractivity contribution in [3.8, 4) is 12.3 Å². The fourth-order valence-electron chi connectivity index (χ4n) is 4.49. The molecule has 5 rings (SSSR count). The molecule has 2 unspecified atom stereocenters. The summed E-state index contributed by atoms with van der Waals surface area (Å²) in [5.74, 6) is 2.56. The molecule has 2 aromatic rings. The molecule has 4 heterocycles. The van der Waals surface area contributed by atoms with E-state index in [1.54, 1.807) is 40.9 Å². The number of nitrogens with one attached hydrogen (secondary N) is 1. The molecule has 1 aromatic carbocycles. The van der Waals surface area contributed by atoms with Gasteiger partial charge < -0.3 is 9.88 Å². The number of nitrogens with zero attached hydrogens (tertiary/aromatic N) is 5. The van der Waals surface area contributed by atoms with Crippen LogP contribution in [0.4, 0.5) is 4.79 Å². The Kier molecular flexibility index (Phi) is 5.64. The second-order valence-corrected chi connectivity index (χ2v) is 11.7. The first-order valence-electron chi connectivity index (χ1n) is 10.9. The van der Waals surface area contributed by atoms with Crippen LogP contribution in [0, 0.1) is 12.3 Å². The summed E-state index contributed by atoms with van der Waals surface area (Å²) in [6, 6.07) is 7.08. The zero-order valence-electron chi connectivity index (χ0n) is 18.6. The number of rotatable bonds is 2. The maximum atomic E-state index is 13.2. The Hall–Kier alpha value is -2.52. The van der Waals surface area contributed by atoms with Crippen LogP contribution < -0.4 is 0 Å². The van der Waals surface area contributed by atoms with Crippen molar-refractivity contribution in [2.24, 2.45) is 5.10 Å². The minimum atomic E-state index is -3.70. The Morgan fingerprint density at radius 2 is 1.97 bits per heavy atom. The van der Waals surface area contributed by atoms with Gasteiger partial charge in [0.15, 0.2) is 0 Å². The first kappa shape index (κ1) is 22.3. The molecule has 0 aliphatic carbocycles. The highest BCUT2D eigenvalue weighted by atomic mass is 32.2. The van der Waals surface area contributed by atoms with E-state index in [0.29, 0.717) is 36.1 Å². The maximum Gasteiger partial charge on any atom is 0.340 e. The summed E-state index contributed by atoms with van der Waals surface area (Å²) in [4.78, 5) is 20.0. The van der Waals surface area contributed by atoms with Gasteiger partial charge in [-0.3, -0.25) is 4.90 Å². The first-order chi connectivity index (χ1) is 15.8. The predicted molar refractivity (Wildman–Crippen MR) is 129 cm³/mol. The number of sulfonamides is 1. The fraction of sp³-hybridized carbons (Fsp3) is 0.455. The number of benzene rings is 1. The summed E-state index contributed by atoms with van der Waals surface area (Å²) < 4.78 is 27.8. The SMILES string of the molecule is C#Cc1ccc2[nH]c(S(=O)(=O)N3CCN(C(=O)N4CCC5C(=N4)SC(C)N5C)CC3)cc2c1. The lowest BCUT2D eigenvalue weighted by atomic mass is 10.2. The minimum absolute atomic E-state index is 0.136. The number of carbonyl (C=O) groups excluding carboxylic acids is 1. The number of urea groups is 1. The van der Waals surface area contributed by atoms with E-state index in [-0.39, 0.29) is 30.2 Å². The molecule has 11 heteroatoms. The Morgan fingerprint density at radius 3 is 2.70 bits per heavy atom. The molecule has 2 saturated heterocycles. The molecule has 9 nitrogen and oxygen atoms in total. The Balaban J connectivity index is 1.26. The van der Waals surface area contributed by atoms with E-state index in [1.807, 2.05) is 0 Å². The first-order valence-corrected chi connectivity index (χ1v) is 13.2. The van der Waals surface area contributed by atoms with Crippen LogP contribution in [-0.4, -0.2) is 94.8 Å². The van der Waals surface area contributed by atoms with E-state index in [2.05, 4.69) is 34.9 Å². The number of aromatic nitrogens is 1. The van der Waals surface area contributed by atoms with E-state index in [9.17, 15) is 13.2 Å². The van der Waals surface area contributed by atoms with E-state index >= 15 is 0 Å². The van der Waals surface area contributed by atoms with Crippen LogP contribution in [0.5, 0.6) is 0 Å². The van der Waals surface area contributed by atoms with Gasteiger partial charge in [0, 0.05) is 49.2 Å². The third-order valence-corrected chi connectivity index (χ3v) is 9.68. The summed E-state index contributed by atoms with van der Waals surface area (Å²) in [5.41, 5.74) is 1.41. The Bertz CT molecular complexity index is 1270. The van der Waals surface area contributed by atoms with Crippen molar-refractivity contribution in [1.29, 1.82) is 0 Å². The van der Waals surface area contributed by atoms with Gasteiger partial charge in [-0.15, -0.1) is 6.42 Å². The van der Waals surface area contributed by atoms with Crippen LogP contribution in [0.2, 0.25) is 0 Å². The number of carbonyl (C=O) groups is 1. The highest BCUT2D eigenvalue weighted by molar-refractivity contribution is 8.14. The molecule has 3 aliphatic rings. The molecule has 1 N–H and O–H groups in total. The quantitative estimate of drug-likeness (QED) is 0.656. The molecular weight excluding hydrogens is 460 g/mol. The average molecular weight is 487 g/mol. The normalized spacial score (nSPS) is 24.6. The molecular formula is C22H26N6O3S2. The molecule has 0 radical (unpaired) electrons. The second kappa shape index (κ2) is 8.36. The molecule has 0 bridgehead atoms. The second-order valence-electron chi connectivity index (χ2n) is 8.50. The zero-order valence-corrected chi connectivity index (χ0v) is 20.2. The van der Waals surface area contributed by atoms with Crippen molar-refractivity contribution in [2.45, 2.75) is 29.8 Å². The maximum absolute atomic E-state index is 13.2. The van der Waals surface area contributed by atoms with Crippen molar-refractivity contribution >= 4 is 43.8 Å². The van der Waals surface area contributed by atoms with Crippen LogP contribution in [0.25, 0.3) is 10.9 Å². The molecule has 3 aliphatic heterocycles. The number of hydrogen-bond acceptors (Lipinski definition) is 6. The van der Waals surface area contributed by atoms with Crippen molar-refractivity contribution in [3.63, 3.8) is 0 Å². The summed E-state index contributed by atoms with van der Waals surface area (Å²) >= 11 is 1.69. The molecule has 33 heavy (non-hydrogen) atoms. The molecule has 2 amide bonds. The highest BCUT2D eigenvalue weighted by Crippen LogP contribution is 2.34. The van der Waals surface area contributed by atoms with Gasteiger partial charge in [-0.2, -0.15) is 9.41 Å². The van der Waals surface area contributed by atoms with Crippen molar-refractivity contribution in [2.75, 3.05) is 39.8 Å². The van der Waals surface area contributed by atoms with Crippen LogP contribution in [-0.2, 0) is 10.0 Å². The zero-order chi connectivity index (χ0) is 23.3. The number of fused-ring (bicyclic) bond motifs is 2. The molecule has 174 valence electrons. The number of amides is 2. The standard InChI is InChI=1S/C22H26N6O3S2/c1-4-16-5-6-18-17(13-16)14-20(23-18)33(30,31)27-11-9-26(10-12-27)22(29)28-8-7-19-21(24-28)32-15(2)25(19)3/h1,5-6,13-15,19,23H,7-12H2,2-3H3. The lowest BCUT2D eigenvalue weighted by Gasteiger charge is -2.37. The lowest BCUT2D eigenvalue weighted by molar-refractivity contribution is 0.128. The lowest BCUT2D eigenvalue weighted by Crippen LogP contribution is -2.54. The smallest absolute Gasteiger partial charge is 0.340 e. The Labute approximate surface area is 197 Å². The number of thioether (sulfide) groups is 1. The summed E-state index contributed by atoms with van der Waals surface area (Å²) in [6.45, 7) is 3.83. The van der Waals surface area contributed by atoms with E-state index in [4.69, 9.17) is 6.42 Å². The highest BCUT2D eigenvalue weighted by Gasteiger charge is 2.39. The van der Waals surface area contributed by atoms with E-state index in [1.165, 1.54) is 9.31 Å². The van der Waals surface area contributed by atoms with Gasteiger partial charge in [0.05, 0.1) is 11.4 Å². The van der Waals surface area contributed by atoms with E-state index in [0.717, 1.165) is 16.9 Å². The number of hydrogen-bond donors (Lipinski definition) is 1. The van der Waals surface area contributed by atoms with Crippen LogP contribution in [0.1, 0.15) is 18.9 Å². The third-order valence-electron chi connectivity index (χ3n) is 6.59.